The quantitative estimate of drug-likeness (QED) is 0.629. The highest BCUT2D eigenvalue weighted by Crippen LogP contribution is 2.30. The first-order valence-corrected chi connectivity index (χ1v) is 9.62. The molecule has 1 heterocycles. The van der Waals surface area contributed by atoms with E-state index in [1.807, 2.05) is 30.3 Å². The number of thioether (sulfide) groups is 1. The maximum absolute atomic E-state index is 11.2. The van der Waals surface area contributed by atoms with Crippen LogP contribution < -0.4 is 5.10 Å². The Bertz CT molecular complexity index is 1160. The van der Waals surface area contributed by atoms with E-state index in [-0.39, 0.29) is 11.2 Å². The number of carbonyl (C=O) groups is 1. The van der Waals surface area contributed by atoms with Crippen LogP contribution in [0.3, 0.4) is 0 Å². The first-order chi connectivity index (χ1) is 13.6. The molecule has 7 nitrogen and oxygen atoms in total. The SMILES string of the molecule is O=Nc1cc(C2=N[NH+]=C(SCC(=O)O)C2)cc(-c2ccc3ccccc3c2)c1.[OH-]. The molecule has 146 valence electrons. The van der Waals surface area contributed by atoms with Crippen molar-refractivity contribution >= 4 is 44.9 Å². The minimum atomic E-state index is -0.876. The van der Waals surface area contributed by atoms with Gasteiger partial charge in [-0.1, -0.05) is 41.5 Å². The number of benzene rings is 3. The van der Waals surface area contributed by atoms with Crippen LogP contribution >= 0.6 is 11.8 Å². The molecule has 3 aromatic carbocycles. The molecule has 4 rings (SSSR count). The standard InChI is InChI=1S/C21H15N3O3S.H2O/c25-21(26)12-28-20-11-19(22-23-20)17-8-16(9-18(10-17)24-27)15-6-5-13-3-1-2-4-14(13)7-15;/h1-10H,11-12H2,(H,25,26);1H2. The monoisotopic (exact) mass is 407 g/mol. The number of hydrazone groups is 1. The third-order valence-corrected chi connectivity index (χ3v) is 5.43. The van der Waals surface area contributed by atoms with Gasteiger partial charge in [0.1, 0.15) is 17.2 Å². The largest absolute Gasteiger partial charge is 0.870 e. The second kappa shape index (κ2) is 8.76. The minimum Gasteiger partial charge on any atom is -0.870 e. The molecule has 1 aliphatic rings. The van der Waals surface area contributed by atoms with Crippen molar-refractivity contribution in [3.63, 3.8) is 0 Å². The molecular formula is C21H17N3O4S. The van der Waals surface area contributed by atoms with Gasteiger partial charge in [-0.25, -0.2) is 0 Å². The average molecular weight is 407 g/mol. The summed E-state index contributed by atoms with van der Waals surface area (Å²) in [6.07, 6.45) is 0.497. The Morgan fingerprint density at radius 2 is 1.79 bits per heavy atom. The highest BCUT2D eigenvalue weighted by molar-refractivity contribution is 8.14. The molecule has 0 aromatic heterocycles. The molecule has 0 bridgehead atoms. The number of carboxylic acids is 1. The molecular weight excluding hydrogens is 390 g/mol. The van der Waals surface area contributed by atoms with Gasteiger partial charge in [0.2, 0.25) is 5.04 Å². The molecule has 8 heteroatoms. The van der Waals surface area contributed by atoms with E-state index < -0.39 is 5.97 Å². The lowest BCUT2D eigenvalue weighted by atomic mass is 9.97. The summed E-state index contributed by atoms with van der Waals surface area (Å²) in [7, 11) is 0. The van der Waals surface area contributed by atoms with Crippen molar-refractivity contribution in [3.8, 4) is 11.1 Å². The van der Waals surface area contributed by atoms with Crippen molar-refractivity contribution in [2.75, 3.05) is 5.75 Å². The van der Waals surface area contributed by atoms with Gasteiger partial charge in [-0.3, -0.25) is 4.79 Å². The van der Waals surface area contributed by atoms with Crippen molar-refractivity contribution in [1.82, 2.24) is 0 Å². The van der Waals surface area contributed by atoms with Gasteiger partial charge in [0.15, 0.2) is 0 Å². The zero-order valence-corrected chi connectivity index (χ0v) is 16.0. The van der Waals surface area contributed by atoms with Crippen molar-refractivity contribution in [2.45, 2.75) is 6.42 Å². The van der Waals surface area contributed by atoms with E-state index in [1.54, 1.807) is 12.1 Å². The molecule has 0 saturated heterocycles. The van der Waals surface area contributed by atoms with Crippen molar-refractivity contribution in [2.24, 2.45) is 10.3 Å². The Morgan fingerprint density at radius 3 is 2.55 bits per heavy atom. The van der Waals surface area contributed by atoms with Crippen LogP contribution in [0.4, 0.5) is 5.69 Å². The van der Waals surface area contributed by atoms with Crippen LogP contribution in [0.1, 0.15) is 12.0 Å². The Hall–Kier alpha value is -3.36. The van der Waals surface area contributed by atoms with Gasteiger partial charge in [0, 0.05) is 5.56 Å². The predicted molar refractivity (Wildman–Crippen MR) is 114 cm³/mol. The van der Waals surface area contributed by atoms with E-state index in [2.05, 4.69) is 33.6 Å². The number of nitrogens with zero attached hydrogens (tertiary/aromatic N) is 2. The Balaban J connectivity index is 0.00000240. The fraction of sp³-hybridized carbons (Fsp3) is 0.0952. The number of fused-ring (bicyclic) bond motifs is 1. The number of nitroso groups, excluding NO2 is 1. The van der Waals surface area contributed by atoms with E-state index in [9.17, 15) is 9.70 Å². The highest BCUT2D eigenvalue weighted by Gasteiger charge is 2.23. The fourth-order valence-corrected chi connectivity index (χ4v) is 3.77. The summed E-state index contributed by atoms with van der Waals surface area (Å²) in [5, 5.41) is 22.1. The number of rotatable bonds is 5. The van der Waals surface area contributed by atoms with Gasteiger partial charge in [-0.2, -0.15) is 0 Å². The van der Waals surface area contributed by atoms with Crippen molar-refractivity contribution in [3.05, 3.63) is 71.1 Å². The first kappa shape index (κ1) is 20.4. The molecule has 3 aromatic rings. The number of carboxylic acid groups (broad SMARTS) is 1. The molecule has 0 saturated carbocycles. The Kier molecular flexibility index (Phi) is 6.16. The normalized spacial score (nSPS) is 12.8. The van der Waals surface area contributed by atoms with Crippen LogP contribution in [-0.4, -0.2) is 33.1 Å². The van der Waals surface area contributed by atoms with Gasteiger partial charge in [0.05, 0.1) is 6.42 Å². The second-order valence-electron chi connectivity index (χ2n) is 6.37. The summed E-state index contributed by atoms with van der Waals surface area (Å²) in [6, 6.07) is 19.7. The van der Waals surface area contributed by atoms with Crippen LogP contribution in [0.5, 0.6) is 0 Å². The van der Waals surface area contributed by atoms with Gasteiger partial charge < -0.3 is 10.6 Å². The third kappa shape index (κ3) is 4.56. The summed E-state index contributed by atoms with van der Waals surface area (Å²) in [6.45, 7) is 0. The third-order valence-electron chi connectivity index (χ3n) is 4.45. The molecule has 1 aliphatic heterocycles. The summed E-state index contributed by atoms with van der Waals surface area (Å²) >= 11 is 1.21. The highest BCUT2D eigenvalue weighted by atomic mass is 32.2. The molecule has 0 radical (unpaired) electrons. The van der Waals surface area contributed by atoms with Crippen molar-refractivity contribution in [1.29, 1.82) is 0 Å². The zero-order valence-electron chi connectivity index (χ0n) is 15.2. The van der Waals surface area contributed by atoms with E-state index in [0.717, 1.165) is 38.2 Å². The molecule has 0 atom stereocenters. The molecule has 0 unspecified atom stereocenters. The molecule has 0 spiro atoms. The van der Waals surface area contributed by atoms with Crippen LogP contribution in [-0.2, 0) is 4.79 Å². The fourth-order valence-electron chi connectivity index (χ4n) is 3.13. The maximum Gasteiger partial charge on any atom is 0.314 e. The number of hydrogen-bond donors (Lipinski definition) is 2. The maximum atomic E-state index is 11.2. The number of aliphatic carboxylic acids is 1. The van der Waals surface area contributed by atoms with Gasteiger partial charge >= 0.3 is 5.97 Å². The van der Waals surface area contributed by atoms with E-state index in [1.165, 1.54) is 11.8 Å². The van der Waals surface area contributed by atoms with Gasteiger partial charge in [0.25, 0.3) is 0 Å². The zero-order chi connectivity index (χ0) is 19.5. The van der Waals surface area contributed by atoms with Gasteiger partial charge in [-0.05, 0) is 68.2 Å². The molecule has 0 amide bonds. The summed E-state index contributed by atoms with van der Waals surface area (Å²) < 4.78 is 0. The minimum absolute atomic E-state index is 0. The molecule has 0 aliphatic carbocycles. The van der Waals surface area contributed by atoms with E-state index >= 15 is 0 Å². The smallest absolute Gasteiger partial charge is 0.314 e. The van der Waals surface area contributed by atoms with Crippen LogP contribution in [0.15, 0.2) is 70.9 Å². The van der Waals surface area contributed by atoms with Crippen molar-refractivity contribution < 1.29 is 20.5 Å². The second-order valence-corrected chi connectivity index (χ2v) is 7.44. The lowest BCUT2D eigenvalue weighted by molar-refractivity contribution is -0.455. The average Bonchev–Trinajstić information content (AvgIpc) is 3.20. The van der Waals surface area contributed by atoms with Gasteiger partial charge in [-0.15, -0.1) is 4.91 Å². The Morgan fingerprint density at radius 1 is 1.03 bits per heavy atom. The lowest BCUT2D eigenvalue weighted by Crippen LogP contribution is -2.62. The Labute approximate surface area is 170 Å². The molecule has 3 N–H and O–H groups in total. The first-order valence-electron chi connectivity index (χ1n) is 8.63. The summed E-state index contributed by atoms with van der Waals surface area (Å²) in [5.41, 5.74) is 3.74. The van der Waals surface area contributed by atoms with E-state index in [4.69, 9.17) is 5.11 Å². The molecule has 29 heavy (non-hydrogen) atoms. The number of nitrogens with one attached hydrogen (secondary N) is 1. The molecule has 0 fully saturated rings. The van der Waals surface area contributed by atoms with Crippen LogP contribution in [0, 0.1) is 4.91 Å². The topological polar surface area (TPSA) is 123 Å². The van der Waals surface area contributed by atoms with Crippen LogP contribution in [0.2, 0.25) is 0 Å². The number of hydrogen-bond acceptors (Lipinski definition) is 6. The predicted octanol–water partition coefficient (Wildman–Crippen LogP) is 3.13. The van der Waals surface area contributed by atoms with E-state index in [0.29, 0.717) is 12.1 Å². The summed E-state index contributed by atoms with van der Waals surface area (Å²) in [5.74, 6) is -0.901. The lowest BCUT2D eigenvalue weighted by Gasteiger charge is -2.07. The summed E-state index contributed by atoms with van der Waals surface area (Å²) in [4.78, 5) is 22.0. The van der Waals surface area contributed by atoms with Crippen LogP contribution in [0.25, 0.3) is 21.9 Å².